The number of halogens is 1. The fraction of sp³-hybridized carbons (Fsp3) is 0.182. The first-order valence-electron chi connectivity index (χ1n) is 4.45. The molecule has 2 aromatic rings. The third kappa shape index (κ3) is 1.53. The van der Waals surface area contributed by atoms with Crippen molar-refractivity contribution in [2.45, 2.75) is 13.8 Å². The second kappa shape index (κ2) is 3.46. The van der Waals surface area contributed by atoms with E-state index in [0.717, 1.165) is 27.7 Å². The van der Waals surface area contributed by atoms with Gasteiger partial charge in [0.15, 0.2) is 0 Å². The summed E-state index contributed by atoms with van der Waals surface area (Å²) in [4.78, 5) is 7.45. The van der Waals surface area contributed by atoms with Gasteiger partial charge in [-0.25, -0.2) is 4.98 Å². The van der Waals surface area contributed by atoms with Gasteiger partial charge in [-0.05, 0) is 25.5 Å². The molecule has 0 amide bonds. The summed E-state index contributed by atoms with van der Waals surface area (Å²) in [5.74, 6) is 0.839. The highest BCUT2D eigenvalue weighted by Gasteiger charge is 2.08. The number of aromatic nitrogens is 2. The predicted octanol–water partition coefficient (Wildman–Crippen LogP) is 3.35. The number of aromatic amines is 1. The summed E-state index contributed by atoms with van der Waals surface area (Å²) >= 11 is 6.11. The van der Waals surface area contributed by atoms with Crippen LogP contribution in [0.1, 0.15) is 11.3 Å². The Kier molecular flexibility index (Phi) is 2.30. The Morgan fingerprint density at radius 1 is 1.29 bits per heavy atom. The quantitative estimate of drug-likeness (QED) is 0.762. The average molecular weight is 207 g/mol. The fourth-order valence-electron chi connectivity index (χ4n) is 1.47. The minimum absolute atomic E-state index is 0.736. The van der Waals surface area contributed by atoms with Crippen LogP contribution in [0.3, 0.4) is 0 Å². The number of hydrogen-bond acceptors (Lipinski definition) is 1. The molecular formula is C11H11ClN2. The lowest BCUT2D eigenvalue weighted by Gasteiger charge is -2.04. The highest BCUT2D eigenvalue weighted by molar-refractivity contribution is 6.33. The number of nitrogens with zero attached hydrogens (tertiary/aromatic N) is 1. The molecule has 1 aromatic carbocycles. The largest absolute Gasteiger partial charge is 0.342 e. The van der Waals surface area contributed by atoms with Crippen LogP contribution in [-0.4, -0.2) is 9.97 Å². The van der Waals surface area contributed by atoms with Crippen molar-refractivity contribution >= 4 is 11.6 Å². The van der Waals surface area contributed by atoms with Crippen LogP contribution in [0.4, 0.5) is 0 Å². The molecule has 2 rings (SSSR count). The van der Waals surface area contributed by atoms with E-state index in [4.69, 9.17) is 11.6 Å². The molecular weight excluding hydrogens is 196 g/mol. The lowest BCUT2D eigenvalue weighted by Crippen LogP contribution is -1.86. The van der Waals surface area contributed by atoms with Crippen LogP contribution in [0, 0.1) is 13.8 Å². The Morgan fingerprint density at radius 2 is 2.07 bits per heavy atom. The van der Waals surface area contributed by atoms with Crippen molar-refractivity contribution in [2.24, 2.45) is 0 Å². The van der Waals surface area contributed by atoms with Crippen LogP contribution in [0.5, 0.6) is 0 Å². The van der Waals surface area contributed by atoms with E-state index in [1.54, 1.807) is 6.20 Å². The van der Waals surface area contributed by atoms with E-state index < -0.39 is 0 Å². The highest BCUT2D eigenvalue weighted by atomic mass is 35.5. The third-order valence-electron chi connectivity index (χ3n) is 2.16. The van der Waals surface area contributed by atoms with Crippen molar-refractivity contribution in [2.75, 3.05) is 0 Å². The zero-order valence-electron chi connectivity index (χ0n) is 8.13. The van der Waals surface area contributed by atoms with Gasteiger partial charge in [0.05, 0.1) is 5.02 Å². The van der Waals surface area contributed by atoms with Crippen LogP contribution < -0.4 is 0 Å². The number of H-pyrrole nitrogens is 1. The van der Waals surface area contributed by atoms with Crippen molar-refractivity contribution < 1.29 is 0 Å². The number of nitrogens with one attached hydrogen (secondary N) is 1. The monoisotopic (exact) mass is 206 g/mol. The normalized spacial score (nSPS) is 10.5. The molecule has 3 heteroatoms. The molecule has 0 unspecified atom stereocenters. The second-order valence-corrected chi connectivity index (χ2v) is 3.75. The summed E-state index contributed by atoms with van der Waals surface area (Å²) in [5.41, 5.74) is 3.16. The fourth-order valence-corrected chi connectivity index (χ4v) is 1.78. The minimum atomic E-state index is 0.736. The van der Waals surface area contributed by atoms with Gasteiger partial charge < -0.3 is 4.98 Å². The van der Waals surface area contributed by atoms with E-state index in [1.165, 1.54) is 0 Å². The standard InChI is InChI=1S/C11H11ClN2/c1-7-4-3-5-9(12)10(7)11-13-6-8(2)14-11/h3-6H,1-2H3,(H,13,14). The Labute approximate surface area is 88.0 Å². The number of benzene rings is 1. The van der Waals surface area contributed by atoms with Crippen molar-refractivity contribution in [3.63, 3.8) is 0 Å². The summed E-state index contributed by atoms with van der Waals surface area (Å²) < 4.78 is 0. The van der Waals surface area contributed by atoms with E-state index in [-0.39, 0.29) is 0 Å². The summed E-state index contributed by atoms with van der Waals surface area (Å²) in [5, 5.41) is 0.736. The third-order valence-corrected chi connectivity index (χ3v) is 2.48. The Balaban J connectivity index is 2.61. The Hall–Kier alpha value is -1.28. The van der Waals surface area contributed by atoms with E-state index in [9.17, 15) is 0 Å². The number of hydrogen-bond donors (Lipinski definition) is 1. The maximum Gasteiger partial charge on any atom is 0.139 e. The molecule has 0 saturated heterocycles. The number of aryl methyl sites for hydroxylation is 2. The molecule has 0 bridgehead atoms. The van der Waals surface area contributed by atoms with Crippen molar-refractivity contribution in [1.29, 1.82) is 0 Å². The maximum absolute atomic E-state index is 6.11. The van der Waals surface area contributed by atoms with E-state index >= 15 is 0 Å². The van der Waals surface area contributed by atoms with Gasteiger partial charge in [-0.15, -0.1) is 0 Å². The Bertz CT molecular complexity index is 440. The molecule has 14 heavy (non-hydrogen) atoms. The molecule has 0 fully saturated rings. The molecule has 0 atom stereocenters. The second-order valence-electron chi connectivity index (χ2n) is 3.35. The van der Waals surface area contributed by atoms with Gasteiger partial charge in [0, 0.05) is 17.5 Å². The first-order chi connectivity index (χ1) is 6.68. The summed E-state index contributed by atoms with van der Waals surface area (Å²) in [6.07, 6.45) is 1.80. The van der Waals surface area contributed by atoms with Gasteiger partial charge in [0.1, 0.15) is 5.82 Å². The SMILES string of the molecule is Cc1cnc(-c2c(C)cccc2Cl)[nH]1. The lowest BCUT2D eigenvalue weighted by atomic mass is 10.1. The van der Waals surface area contributed by atoms with E-state index in [0.29, 0.717) is 0 Å². The molecule has 0 aliphatic heterocycles. The maximum atomic E-state index is 6.11. The smallest absolute Gasteiger partial charge is 0.139 e. The number of imidazole rings is 1. The first-order valence-corrected chi connectivity index (χ1v) is 4.83. The molecule has 1 heterocycles. The average Bonchev–Trinajstić information content (AvgIpc) is 2.51. The van der Waals surface area contributed by atoms with Crippen LogP contribution >= 0.6 is 11.6 Å². The molecule has 0 radical (unpaired) electrons. The zero-order chi connectivity index (χ0) is 10.1. The molecule has 1 aromatic heterocycles. The van der Waals surface area contributed by atoms with Gasteiger partial charge in [-0.1, -0.05) is 23.7 Å². The van der Waals surface area contributed by atoms with E-state index in [2.05, 4.69) is 9.97 Å². The minimum Gasteiger partial charge on any atom is -0.342 e. The molecule has 1 N–H and O–H groups in total. The molecule has 72 valence electrons. The van der Waals surface area contributed by atoms with Crippen molar-refractivity contribution in [1.82, 2.24) is 9.97 Å². The van der Waals surface area contributed by atoms with Crippen LogP contribution in [0.25, 0.3) is 11.4 Å². The van der Waals surface area contributed by atoms with E-state index in [1.807, 2.05) is 32.0 Å². The van der Waals surface area contributed by atoms with Gasteiger partial charge in [-0.3, -0.25) is 0 Å². The van der Waals surface area contributed by atoms with Gasteiger partial charge in [0.2, 0.25) is 0 Å². The van der Waals surface area contributed by atoms with Gasteiger partial charge in [-0.2, -0.15) is 0 Å². The Morgan fingerprint density at radius 3 is 2.64 bits per heavy atom. The van der Waals surface area contributed by atoms with Crippen molar-refractivity contribution in [3.05, 3.63) is 40.7 Å². The summed E-state index contributed by atoms with van der Waals surface area (Å²) in [6.45, 7) is 4.00. The molecule has 0 spiro atoms. The molecule has 0 saturated carbocycles. The molecule has 0 aliphatic carbocycles. The zero-order valence-corrected chi connectivity index (χ0v) is 8.89. The van der Waals surface area contributed by atoms with Crippen LogP contribution in [0.2, 0.25) is 5.02 Å². The molecule has 2 nitrogen and oxygen atoms in total. The lowest BCUT2D eigenvalue weighted by molar-refractivity contribution is 1.24. The topological polar surface area (TPSA) is 28.7 Å². The van der Waals surface area contributed by atoms with Crippen LogP contribution in [0.15, 0.2) is 24.4 Å². The van der Waals surface area contributed by atoms with Gasteiger partial charge in [0.25, 0.3) is 0 Å². The highest BCUT2D eigenvalue weighted by Crippen LogP contribution is 2.28. The van der Waals surface area contributed by atoms with Gasteiger partial charge >= 0.3 is 0 Å². The van der Waals surface area contributed by atoms with Crippen LogP contribution in [-0.2, 0) is 0 Å². The summed E-state index contributed by atoms with van der Waals surface area (Å²) in [6, 6.07) is 5.85. The number of rotatable bonds is 1. The predicted molar refractivity (Wildman–Crippen MR) is 58.5 cm³/mol. The molecule has 0 aliphatic rings. The van der Waals surface area contributed by atoms with Crippen molar-refractivity contribution in [3.8, 4) is 11.4 Å². The summed E-state index contributed by atoms with van der Waals surface area (Å²) in [7, 11) is 0. The first kappa shape index (κ1) is 9.28.